The number of hydrogen-bond acceptors (Lipinski definition) is 6. The Bertz CT molecular complexity index is 807. The number of aromatic nitrogens is 2. The van der Waals surface area contributed by atoms with Crippen molar-refractivity contribution < 1.29 is 14.3 Å². The molecule has 0 atom stereocenters. The minimum atomic E-state index is -0.292. The maximum atomic E-state index is 12.5. The molecule has 0 bridgehead atoms. The lowest BCUT2D eigenvalue weighted by atomic mass is 10.1. The maximum absolute atomic E-state index is 12.5. The van der Waals surface area contributed by atoms with E-state index < -0.39 is 0 Å². The number of amides is 2. The highest BCUT2D eigenvalue weighted by Crippen LogP contribution is 2.12. The van der Waals surface area contributed by atoms with Gasteiger partial charge in [-0.25, -0.2) is 14.8 Å². The highest BCUT2D eigenvalue weighted by atomic mass is 16.6. The number of nitrogens with zero attached hydrogens (tertiary/aromatic N) is 3. The average Bonchev–Trinajstić information content (AvgIpc) is 2.75. The summed E-state index contributed by atoms with van der Waals surface area (Å²) in [5.41, 5.74) is 1.55. The lowest BCUT2D eigenvalue weighted by Gasteiger charge is -2.31. The Morgan fingerprint density at radius 3 is 2.66 bits per heavy atom. The van der Waals surface area contributed by atoms with E-state index in [0.717, 1.165) is 6.42 Å². The van der Waals surface area contributed by atoms with Crippen molar-refractivity contribution in [3.05, 3.63) is 53.9 Å². The van der Waals surface area contributed by atoms with Gasteiger partial charge in [-0.3, -0.25) is 4.79 Å². The van der Waals surface area contributed by atoms with Gasteiger partial charge in [-0.1, -0.05) is 30.3 Å². The van der Waals surface area contributed by atoms with Gasteiger partial charge in [0.15, 0.2) is 0 Å². The van der Waals surface area contributed by atoms with E-state index in [4.69, 9.17) is 4.74 Å². The highest BCUT2D eigenvalue weighted by molar-refractivity contribution is 5.92. The Morgan fingerprint density at radius 1 is 1.17 bits per heavy atom. The van der Waals surface area contributed by atoms with Crippen molar-refractivity contribution in [1.29, 1.82) is 0 Å². The number of anilines is 1. The third-order valence-electron chi connectivity index (χ3n) is 4.78. The second-order valence-electron chi connectivity index (χ2n) is 6.86. The van der Waals surface area contributed by atoms with E-state index in [9.17, 15) is 9.59 Å². The number of benzene rings is 1. The lowest BCUT2D eigenvalue weighted by molar-refractivity contribution is 0.0856. The summed E-state index contributed by atoms with van der Waals surface area (Å²) in [6.45, 7) is 3.98. The van der Waals surface area contributed by atoms with Crippen LogP contribution >= 0.6 is 0 Å². The van der Waals surface area contributed by atoms with Gasteiger partial charge in [-0.15, -0.1) is 0 Å². The number of carbonyl (C=O) groups excluding carboxylic acids is 2. The normalized spacial score (nSPS) is 14.3. The fourth-order valence-corrected chi connectivity index (χ4v) is 3.21. The minimum absolute atomic E-state index is 0.0117. The zero-order chi connectivity index (χ0) is 20.5. The molecule has 8 nitrogen and oxygen atoms in total. The van der Waals surface area contributed by atoms with Gasteiger partial charge in [0.05, 0.1) is 6.61 Å². The molecule has 2 amide bonds. The van der Waals surface area contributed by atoms with Gasteiger partial charge in [0.2, 0.25) is 5.95 Å². The molecule has 8 heteroatoms. The molecule has 0 saturated carbocycles. The average molecular weight is 397 g/mol. The Morgan fingerprint density at radius 2 is 1.93 bits per heavy atom. The molecule has 1 saturated heterocycles. The number of ether oxygens (including phenoxy) is 1. The van der Waals surface area contributed by atoms with Crippen LogP contribution in [0.1, 0.15) is 35.8 Å². The fourth-order valence-electron chi connectivity index (χ4n) is 3.21. The van der Waals surface area contributed by atoms with Crippen molar-refractivity contribution in [2.75, 3.05) is 31.6 Å². The topological polar surface area (TPSA) is 96.5 Å². The van der Waals surface area contributed by atoms with Crippen LogP contribution < -0.4 is 10.6 Å². The van der Waals surface area contributed by atoms with Gasteiger partial charge >= 0.3 is 6.09 Å². The van der Waals surface area contributed by atoms with Gasteiger partial charge in [-0.2, -0.15) is 0 Å². The first-order chi connectivity index (χ1) is 14.2. The van der Waals surface area contributed by atoms with Crippen LogP contribution in [0, 0.1) is 0 Å². The number of carbonyl (C=O) groups is 2. The molecule has 0 spiro atoms. The molecule has 154 valence electrons. The zero-order valence-electron chi connectivity index (χ0n) is 16.6. The van der Waals surface area contributed by atoms with E-state index >= 15 is 0 Å². The summed E-state index contributed by atoms with van der Waals surface area (Å²) in [6.07, 6.45) is 3.52. The molecule has 2 N–H and O–H groups in total. The van der Waals surface area contributed by atoms with Crippen molar-refractivity contribution >= 4 is 17.9 Å². The van der Waals surface area contributed by atoms with Gasteiger partial charge in [0.1, 0.15) is 5.69 Å². The molecule has 0 aliphatic carbocycles. The Balaban J connectivity index is 1.46. The van der Waals surface area contributed by atoms with E-state index in [2.05, 4.69) is 32.7 Å². The second-order valence-corrected chi connectivity index (χ2v) is 6.86. The van der Waals surface area contributed by atoms with Crippen LogP contribution in [-0.2, 0) is 11.2 Å². The van der Waals surface area contributed by atoms with Crippen LogP contribution in [0.3, 0.4) is 0 Å². The first kappa shape index (κ1) is 20.6. The molecule has 2 aromatic rings. The predicted molar refractivity (Wildman–Crippen MR) is 110 cm³/mol. The molecule has 29 heavy (non-hydrogen) atoms. The van der Waals surface area contributed by atoms with Gasteiger partial charge < -0.3 is 20.3 Å². The summed E-state index contributed by atoms with van der Waals surface area (Å²) in [7, 11) is 0. The Kier molecular flexibility index (Phi) is 7.38. The van der Waals surface area contributed by atoms with E-state index in [0.29, 0.717) is 50.7 Å². The standard InChI is InChI=1S/C21H27N5O3/c1-2-29-21(28)26-14-10-17(11-15-26)24-19(27)18-9-13-23-20(25-18)22-12-8-16-6-4-3-5-7-16/h3-7,9,13,17H,2,8,10-12,14-15H2,1H3,(H,24,27)(H,22,23,25). The van der Waals surface area contributed by atoms with Crippen LogP contribution in [-0.4, -0.2) is 59.2 Å². The number of likely N-dealkylation sites (tertiary alicyclic amines) is 1. The Hall–Kier alpha value is -3.16. The van der Waals surface area contributed by atoms with E-state index in [-0.39, 0.29) is 18.0 Å². The largest absolute Gasteiger partial charge is 0.450 e. The molecule has 0 unspecified atom stereocenters. The Labute approximate surface area is 170 Å². The number of hydrogen-bond donors (Lipinski definition) is 2. The summed E-state index contributed by atoms with van der Waals surface area (Å²) < 4.78 is 5.02. The monoisotopic (exact) mass is 397 g/mol. The molecule has 0 radical (unpaired) electrons. The first-order valence-electron chi connectivity index (χ1n) is 9.99. The summed E-state index contributed by atoms with van der Waals surface area (Å²) in [4.78, 5) is 34.5. The summed E-state index contributed by atoms with van der Waals surface area (Å²) in [5, 5.41) is 6.16. The van der Waals surface area contributed by atoms with Crippen LogP contribution in [0.5, 0.6) is 0 Å². The van der Waals surface area contributed by atoms with Gasteiger partial charge in [-0.05, 0) is 37.8 Å². The van der Waals surface area contributed by atoms with Crippen molar-refractivity contribution in [2.24, 2.45) is 0 Å². The SMILES string of the molecule is CCOC(=O)N1CCC(NC(=O)c2ccnc(NCCc3ccccc3)n2)CC1. The van der Waals surface area contributed by atoms with Crippen molar-refractivity contribution in [3.63, 3.8) is 0 Å². The van der Waals surface area contributed by atoms with Crippen molar-refractivity contribution in [2.45, 2.75) is 32.2 Å². The summed E-state index contributed by atoms with van der Waals surface area (Å²) in [5.74, 6) is 0.207. The first-order valence-corrected chi connectivity index (χ1v) is 9.99. The fraction of sp³-hybridized carbons (Fsp3) is 0.429. The summed E-state index contributed by atoms with van der Waals surface area (Å²) >= 11 is 0. The third kappa shape index (κ3) is 6.17. The molecule has 1 fully saturated rings. The lowest BCUT2D eigenvalue weighted by Crippen LogP contribution is -2.46. The molecular weight excluding hydrogens is 370 g/mol. The summed E-state index contributed by atoms with van der Waals surface area (Å²) in [6, 6.07) is 11.8. The molecule has 2 heterocycles. The smallest absolute Gasteiger partial charge is 0.409 e. The molecular formula is C21H27N5O3. The highest BCUT2D eigenvalue weighted by Gasteiger charge is 2.25. The number of nitrogens with one attached hydrogen (secondary N) is 2. The second kappa shape index (κ2) is 10.4. The molecule has 1 aromatic carbocycles. The van der Waals surface area contributed by atoms with Crippen LogP contribution in [0.25, 0.3) is 0 Å². The molecule has 1 aliphatic rings. The van der Waals surface area contributed by atoms with Gasteiger partial charge in [0, 0.05) is 31.9 Å². The molecule has 3 rings (SSSR count). The minimum Gasteiger partial charge on any atom is -0.450 e. The van der Waals surface area contributed by atoms with Crippen LogP contribution in [0.2, 0.25) is 0 Å². The van der Waals surface area contributed by atoms with Gasteiger partial charge in [0.25, 0.3) is 5.91 Å². The molecule has 1 aliphatic heterocycles. The van der Waals surface area contributed by atoms with Crippen molar-refractivity contribution in [3.8, 4) is 0 Å². The predicted octanol–water partition coefficient (Wildman–Crippen LogP) is 2.48. The quantitative estimate of drug-likeness (QED) is 0.745. The van der Waals surface area contributed by atoms with E-state index in [1.54, 1.807) is 24.1 Å². The zero-order valence-corrected chi connectivity index (χ0v) is 16.6. The number of piperidine rings is 1. The third-order valence-corrected chi connectivity index (χ3v) is 4.78. The van der Waals surface area contributed by atoms with E-state index in [1.807, 2.05) is 18.2 Å². The van der Waals surface area contributed by atoms with Crippen molar-refractivity contribution in [1.82, 2.24) is 20.2 Å². The van der Waals surface area contributed by atoms with Crippen LogP contribution in [0.15, 0.2) is 42.6 Å². The number of rotatable bonds is 7. The molecule has 1 aromatic heterocycles. The van der Waals surface area contributed by atoms with Crippen LogP contribution in [0.4, 0.5) is 10.7 Å². The maximum Gasteiger partial charge on any atom is 0.409 e. The van der Waals surface area contributed by atoms with E-state index in [1.165, 1.54) is 5.56 Å².